The van der Waals surface area contributed by atoms with Gasteiger partial charge in [-0.05, 0) is 32.3 Å². The topological polar surface area (TPSA) is 70.2 Å². The first-order valence-electron chi connectivity index (χ1n) is 4.62. The SMILES string of the molecule is Cc1[nH]nc(CCc2cn[nH]n2)c1C. The summed E-state index contributed by atoms with van der Waals surface area (Å²) in [5.41, 5.74) is 4.48. The summed E-state index contributed by atoms with van der Waals surface area (Å²) in [6.07, 6.45) is 3.53. The highest BCUT2D eigenvalue weighted by molar-refractivity contribution is 5.22. The molecule has 5 nitrogen and oxygen atoms in total. The predicted octanol–water partition coefficient (Wildman–Crippen LogP) is 0.930. The van der Waals surface area contributed by atoms with E-state index in [2.05, 4.69) is 32.5 Å². The van der Waals surface area contributed by atoms with Gasteiger partial charge in [-0.3, -0.25) is 5.10 Å². The molecule has 2 heterocycles. The number of aromatic amines is 2. The zero-order valence-corrected chi connectivity index (χ0v) is 8.33. The third-order valence-corrected chi connectivity index (χ3v) is 2.44. The summed E-state index contributed by atoms with van der Waals surface area (Å²) in [4.78, 5) is 0. The summed E-state index contributed by atoms with van der Waals surface area (Å²) in [5.74, 6) is 0. The summed E-state index contributed by atoms with van der Waals surface area (Å²) < 4.78 is 0. The van der Waals surface area contributed by atoms with Crippen molar-refractivity contribution in [1.82, 2.24) is 25.6 Å². The Morgan fingerprint density at radius 2 is 2.07 bits per heavy atom. The first-order valence-corrected chi connectivity index (χ1v) is 4.62. The summed E-state index contributed by atoms with van der Waals surface area (Å²) in [6.45, 7) is 4.11. The molecule has 0 amide bonds. The first-order chi connectivity index (χ1) is 6.77. The van der Waals surface area contributed by atoms with E-state index in [-0.39, 0.29) is 0 Å². The first kappa shape index (κ1) is 8.93. The van der Waals surface area contributed by atoms with Gasteiger partial charge in [-0.15, -0.1) is 0 Å². The molecule has 0 unspecified atom stereocenters. The van der Waals surface area contributed by atoms with Crippen molar-refractivity contribution < 1.29 is 0 Å². The van der Waals surface area contributed by atoms with Crippen molar-refractivity contribution in [2.24, 2.45) is 0 Å². The summed E-state index contributed by atoms with van der Waals surface area (Å²) in [7, 11) is 0. The number of hydrogen-bond acceptors (Lipinski definition) is 3. The highest BCUT2D eigenvalue weighted by Gasteiger charge is 2.06. The predicted molar refractivity (Wildman–Crippen MR) is 51.9 cm³/mol. The number of aryl methyl sites for hydroxylation is 3. The molecule has 0 aliphatic heterocycles. The highest BCUT2D eigenvalue weighted by Crippen LogP contribution is 2.10. The Morgan fingerprint density at radius 3 is 2.64 bits per heavy atom. The van der Waals surface area contributed by atoms with Gasteiger partial charge in [-0.2, -0.15) is 20.5 Å². The Balaban J connectivity index is 2.02. The van der Waals surface area contributed by atoms with E-state index in [0.717, 1.165) is 29.9 Å². The van der Waals surface area contributed by atoms with Crippen molar-refractivity contribution in [3.05, 3.63) is 28.8 Å². The van der Waals surface area contributed by atoms with Crippen LogP contribution < -0.4 is 0 Å². The van der Waals surface area contributed by atoms with Gasteiger partial charge < -0.3 is 0 Å². The zero-order valence-electron chi connectivity index (χ0n) is 8.33. The third-order valence-electron chi connectivity index (χ3n) is 2.44. The lowest BCUT2D eigenvalue weighted by Gasteiger charge is -1.95. The molecule has 0 atom stereocenters. The third kappa shape index (κ3) is 1.66. The van der Waals surface area contributed by atoms with Crippen LogP contribution in [0.4, 0.5) is 0 Å². The Morgan fingerprint density at radius 1 is 1.21 bits per heavy atom. The van der Waals surface area contributed by atoms with E-state index in [0.29, 0.717) is 0 Å². The van der Waals surface area contributed by atoms with Crippen molar-refractivity contribution in [3.8, 4) is 0 Å². The smallest absolute Gasteiger partial charge is 0.0828 e. The largest absolute Gasteiger partial charge is 0.282 e. The van der Waals surface area contributed by atoms with E-state index < -0.39 is 0 Å². The second kappa shape index (κ2) is 3.61. The lowest BCUT2D eigenvalue weighted by molar-refractivity contribution is 0.841. The number of H-pyrrole nitrogens is 2. The van der Waals surface area contributed by atoms with E-state index in [1.54, 1.807) is 6.20 Å². The fraction of sp³-hybridized carbons (Fsp3) is 0.444. The fourth-order valence-corrected chi connectivity index (χ4v) is 1.37. The van der Waals surface area contributed by atoms with Crippen molar-refractivity contribution in [3.63, 3.8) is 0 Å². The summed E-state index contributed by atoms with van der Waals surface area (Å²) >= 11 is 0. The molecule has 74 valence electrons. The van der Waals surface area contributed by atoms with E-state index in [1.165, 1.54) is 5.56 Å². The number of aromatic nitrogens is 5. The van der Waals surface area contributed by atoms with Crippen LogP contribution in [0.3, 0.4) is 0 Å². The van der Waals surface area contributed by atoms with Crippen LogP contribution in [0.2, 0.25) is 0 Å². The lowest BCUT2D eigenvalue weighted by atomic mass is 10.1. The monoisotopic (exact) mass is 191 g/mol. The lowest BCUT2D eigenvalue weighted by Crippen LogP contribution is -1.94. The van der Waals surface area contributed by atoms with Gasteiger partial charge in [0.15, 0.2) is 0 Å². The molecule has 2 N–H and O–H groups in total. The highest BCUT2D eigenvalue weighted by atomic mass is 15.3. The molecule has 0 fully saturated rings. The van der Waals surface area contributed by atoms with Crippen LogP contribution >= 0.6 is 0 Å². The minimum Gasteiger partial charge on any atom is -0.282 e. The zero-order chi connectivity index (χ0) is 9.97. The molecule has 0 spiro atoms. The van der Waals surface area contributed by atoms with E-state index in [1.807, 2.05) is 6.92 Å². The molecule has 0 radical (unpaired) electrons. The molecular formula is C9H13N5. The fourth-order valence-electron chi connectivity index (χ4n) is 1.37. The molecule has 14 heavy (non-hydrogen) atoms. The van der Waals surface area contributed by atoms with Crippen LogP contribution in [0.15, 0.2) is 6.20 Å². The molecular weight excluding hydrogens is 178 g/mol. The molecule has 2 aromatic heterocycles. The van der Waals surface area contributed by atoms with Crippen LogP contribution in [0.5, 0.6) is 0 Å². The maximum atomic E-state index is 4.23. The average Bonchev–Trinajstić information content (AvgIpc) is 2.77. The maximum Gasteiger partial charge on any atom is 0.0828 e. The normalized spacial score (nSPS) is 10.7. The average molecular weight is 191 g/mol. The number of nitrogens with zero attached hydrogens (tertiary/aromatic N) is 3. The number of rotatable bonds is 3. The van der Waals surface area contributed by atoms with Gasteiger partial charge in [0, 0.05) is 5.69 Å². The van der Waals surface area contributed by atoms with Gasteiger partial charge in [0.1, 0.15) is 0 Å². The van der Waals surface area contributed by atoms with Crippen LogP contribution in [-0.2, 0) is 12.8 Å². The van der Waals surface area contributed by atoms with Crippen molar-refractivity contribution in [2.75, 3.05) is 0 Å². The second-order valence-corrected chi connectivity index (χ2v) is 3.38. The van der Waals surface area contributed by atoms with Crippen molar-refractivity contribution in [1.29, 1.82) is 0 Å². The van der Waals surface area contributed by atoms with Crippen LogP contribution in [0, 0.1) is 13.8 Å². The maximum absolute atomic E-state index is 4.23. The van der Waals surface area contributed by atoms with Gasteiger partial charge in [0.2, 0.25) is 0 Å². The molecule has 0 saturated heterocycles. The second-order valence-electron chi connectivity index (χ2n) is 3.38. The van der Waals surface area contributed by atoms with E-state index in [4.69, 9.17) is 0 Å². The van der Waals surface area contributed by atoms with Gasteiger partial charge in [0.25, 0.3) is 0 Å². The van der Waals surface area contributed by atoms with Crippen LogP contribution in [-0.4, -0.2) is 25.6 Å². The summed E-state index contributed by atoms with van der Waals surface area (Å²) in [5, 5.41) is 17.6. The number of hydrogen-bond donors (Lipinski definition) is 2. The standard InChI is InChI=1S/C9H13N5/c1-6-7(2)11-13-9(6)4-3-8-5-10-14-12-8/h5H,3-4H2,1-2H3,(H,11,13)(H,10,12,14). The Labute approximate surface area is 81.9 Å². The van der Waals surface area contributed by atoms with Gasteiger partial charge in [-0.1, -0.05) is 0 Å². The molecule has 0 aromatic carbocycles. The van der Waals surface area contributed by atoms with E-state index >= 15 is 0 Å². The Kier molecular flexibility index (Phi) is 2.30. The van der Waals surface area contributed by atoms with Crippen LogP contribution in [0.25, 0.3) is 0 Å². The van der Waals surface area contributed by atoms with Crippen molar-refractivity contribution in [2.45, 2.75) is 26.7 Å². The molecule has 0 aliphatic carbocycles. The molecule has 0 aliphatic rings. The minimum absolute atomic E-state index is 0.877. The van der Waals surface area contributed by atoms with Crippen molar-refractivity contribution >= 4 is 0 Å². The molecule has 2 rings (SSSR count). The van der Waals surface area contributed by atoms with Gasteiger partial charge in [0.05, 0.1) is 17.6 Å². The number of nitrogens with one attached hydrogen (secondary N) is 2. The van der Waals surface area contributed by atoms with Crippen LogP contribution in [0.1, 0.15) is 22.6 Å². The quantitative estimate of drug-likeness (QED) is 0.758. The molecule has 2 aromatic rings. The van der Waals surface area contributed by atoms with Gasteiger partial charge >= 0.3 is 0 Å². The molecule has 5 heteroatoms. The van der Waals surface area contributed by atoms with Gasteiger partial charge in [-0.25, -0.2) is 0 Å². The minimum atomic E-state index is 0.877. The Bertz CT molecular complexity index is 401. The molecule has 0 saturated carbocycles. The summed E-state index contributed by atoms with van der Waals surface area (Å²) in [6, 6.07) is 0. The Hall–Kier alpha value is -1.65. The van der Waals surface area contributed by atoms with E-state index in [9.17, 15) is 0 Å². The molecule has 0 bridgehead atoms.